The lowest BCUT2D eigenvalue weighted by Gasteiger charge is -2.32. The Hall–Kier alpha value is -3.64. The first kappa shape index (κ1) is 26.9. The van der Waals surface area contributed by atoms with E-state index in [1.165, 1.54) is 12.1 Å². The Morgan fingerprint density at radius 1 is 0.949 bits per heavy atom. The highest BCUT2D eigenvalue weighted by molar-refractivity contribution is 6.30. The summed E-state index contributed by atoms with van der Waals surface area (Å²) in [6, 6.07) is 8.80. The first-order valence-corrected chi connectivity index (χ1v) is 12.9. The van der Waals surface area contributed by atoms with Gasteiger partial charge in [0, 0.05) is 63.4 Å². The maximum absolute atomic E-state index is 13.4. The molecule has 1 saturated heterocycles. The van der Waals surface area contributed by atoms with Crippen LogP contribution in [0.25, 0.3) is 0 Å². The molecule has 1 aromatic heterocycles. The summed E-state index contributed by atoms with van der Waals surface area (Å²) in [6.07, 6.45) is -4.58. The summed E-state index contributed by atoms with van der Waals surface area (Å²) in [5, 5.41) is 5.59. The summed E-state index contributed by atoms with van der Waals surface area (Å²) < 4.78 is 40.2. The predicted octanol–water partition coefficient (Wildman–Crippen LogP) is 3.79. The van der Waals surface area contributed by atoms with E-state index in [0.717, 1.165) is 43.4 Å². The minimum absolute atomic E-state index is 0.0174. The van der Waals surface area contributed by atoms with Gasteiger partial charge in [-0.2, -0.15) is 28.1 Å². The summed E-state index contributed by atoms with van der Waals surface area (Å²) in [5.41, 5.74) is 1.39. The average molecular weight is 561 g/mol. The molecule has 39 heavy (non-hydrogen) atoms. The molecule has 0 aliphatic carbocycles. The Morgan fingerprint density at radius 3 is 2.33 bits per heavy atom. The molecular formula is C26H28ClF3N8O. The Kier molecular flexibility index (Phi) is 7.50. The molecule has 0 unspecified atom stereocenters. The summed E-state index contributed by atoms with van der Waals surface area (Å²) in [7, 11) is 3.85. The molecule has 2 N–H and O–H groups in total. The zero-order chi connectivity index (χ0) is 27.7. The van der Waals surface area contributed by atoms with Crippen LogP contribution in [-0.2, 0) is 25.8 Å². The van der Waals surface area contributed by atoms with Crippen LogP contribution in [0.4, 0.5) is 31.0 Å². The molecule has 206 valence electrons. The number of nitrogens with zero attached hydrogens (tertiary/aromatic N) is 6. The van der Waals surface area contributed by atoms with Crippen molar-refractivity contribution in [2.24, 2.45) is 0 Å². The van der Waals surface area contributed by atoms with Crippen LogP contribution < -0.4 is 20.4 Å². The molecule has 3 aromatic rings. The minimum Gasteiger partial charge on any atom is -0.357 e. The number of likely N-dealkylation sites (N-methyl/N-ethyl adjacent to an activating group) is 1. The van der Waals surface area contributed by atoms with Crippen LogP contribution in [0.3, 0.4) is 0 Å². The fourth-order valence-electron chi connectivity index (χ4n) is 4.68. The number of aromatic nitrogens is 3. The number of nitrogens with one attached hydrogen (secondary N) is 2. The van der Waals surface area contributed by atoms with Crippen molar-refractivity contribution < 1.29 is 18.0 Å². The van der Waals surface area contributed by atoms with Gasteiger partial charge >= 0.3 is 6.18 Å². The van der Waals surface area contributed by atoms with Gasteiger partial charge in [-0.05, 0) is 48.0 Å². The molecule has 0 atom stereocenters. The quantitative estimate of drug-likeness (QED) is 0.471. The van der Waals surface area contributed by atoms with Crippen molar-refractivity contribution in [1.82, 2.24) is 25.2 Å². The van der Waals surface area contributed by atoms with E-state index in [2.05, 4.69) is 37.4 Å². The molecule has 0 spiro atoms. The number of amides is 1. The van der Waals surface area contributed by atoms with Gasteiger partial charge in [-0.15, -0.1) is 0 Å². The first-order chi connectivity index (χ1) is 18.6. The van der Waals surface area contributed by atoms with Gasteiger partial charge in [0.25, 0.3) is 5.91 Å². The van der Waals surface area contributed by atoms with Crippen molar-refractivity contribution >= 4 is 35.4 Å². The molecule has 9 nitrogen and oxygen atoms in total. The molecule has 0 radical (unpaired) electrons. The lowest BCUT2D eigenvalue weighted by atomic mass is 10.0. The summed E-state index contributed by atoms with van der Waals surface area (Å²) in [4.78, 5) is 33.1. The van der Waals surface area contributed by atoms with E-state index in [1.807, 2.05) is 11.0 Å². The van der Waals surface area contributed by atoms with Gasteiger partial charge in [0.2, 0.25) is 17.8 Å². The number of hydrogen-bond donors (Lipinski definition) is 2. The van der Waals surface area contributed by atoms with Gasteiger partial charge in [0.05, 0.1) is 5.56 Å². The molecule has 5 rings (SSSR count). The number of benzene rings is 2. The average Bonchev–Trinajstić information content (AvgIpc) is 3.35. The van der Waals surface area contributed by atoms with E-state index in [1.54, 1.807) is 19.2 Å². The highest BCUT2D eigenvalue weighted by Gasteiger charge is 2.33. The van der Waals surface area contributed by atoms with Gasteiger partial charge in [-0.3, -0.25) is 4.79 Å². The third-order valence-corrected chi connectivity index (χ3v) is 7.15. The summed E-state index contributed by atoms with van der Waals surface area (Å²) in [5.74, 6) is 1.17. The normalized spacial score (nSPS) is 15.8. The molecule has 0 bridgehead atoms. The second kappa shape index (κ2) is 10.9. The van der Waals surface area contributed by atoms with Crippen LogP contribution in [0.15, 0.2) is 36.4 Å². The van der Waals surface area contributed by atoms with Crippen LogP contribution in [0.2, 0.25) is 5.02 Å². The maximum atomic E-state index is 13.4. The number of carbonyl (C=O) groups excluding carboxylic acids is 1. The molecule has 2 aromatic carbocycles. The van der Waals surface area contributed by atoms with E-state index in [9.17, 15) is 18.0 Å². The van der Waals surface area contributed by atoms with E-state index in [-0.39, 0.29) is 17.1 Å². The van der Waals surface area contributed by atoms with E-state index in [4.69, 9.17) is 16.6 Å². The number of piperazine rings is 1. The molecule has 2 aliphatic rings. The Bertz CT molecular complexity index is 1380. The Morgan fingerprint density at radius 2 is 1.64 bits per heavy atom. The number of halogens is 4. The topological polar surface area (TPSA) is 89.5 Å². The van der Waals surface area contributed by atoms with Gasteiger partial charge in [-0.25, -0.2) is 0 Å². The van der Waals surface area contributed by atoms with Crippen molar-refractivity contribution in [1.29, 1.82) is 0 Å². The van der Waals surface area contributed by atoms with E-state index >= 15 is 0 Å². The summed E-state index contributed by atoms with van der Waals surface area (Å²) in [6.45, 7) is 4.26. The zero-order valence-corrected chi connectivity index (χ0v) is 22.3. The van der Waals surface area contributed by atoms with Gasteiger partial charge in [0.15, 0.2) is 0 Å². The molecule has 0 saturated carbocycles. The lowest BCUT2D eigenvalue weighted by molar-refractivity contribution is -0.138. The number of carbonyl (C=O) groups is 1. The number of anilines is 3. The van der Waals surface area contributed by atoms with Crippen LogP contribution in [0.5, 0.6) is 0 Å². The van der Waals surface area contributed by atoms with Crippen molar-refractivity contribution in [2.45, 2.75) is 25.8 Å². The number of fused-ring (bicyclic) bond motifs is 1. The van der Waals surface area contributed by atoms with Crippen LogP contribution in [0, 0.1) is 0 Å². The third-order valence-electron chi connectivity index (χ3n) is 6.91. The Balaban J connectivity index is 1.29. The van der Waals surface area contributed by atoms with Gasteiger partial charge < -0.3 is 25.3 Å². The number of hydrogen-bond acceptors (Lipinski definition) is 8. The van der Waals surface area contributed by atoms with Crippen LogP contribution in [0.1, 0.15) is 32.6 Å². The molecule has 1 amide bonds. The van der Waals surface area contributed by atoms with Crippen molar-refractivity contribution in [3.63, 3.8) is 0 Å². The highest BCUT2D eigenvalue weighted by Crippen LogP contribution is 2.34. The molecule has 13 heteroatoms. The van der Waals surface area contributed by atoms with Crippen LogP contribution >= 0.6 is 11.6 Å². The van der Waals surface area contributed by atoms with Crippen LogP contribution in [-0.4, -0.2) is 66.0 Å². The zero-order valence-electron chi connectivity index (χ0n) is 21.5. The van der Waals surface area contributed by atoms with Crippen molar-refractivity contribution in [2.75, 3.05) is 55.4 Å². The monoisotopic (exact) mass is 560 g/mol. The van der Waals surface area contributed by atoms with Crippen molar-refractivity contribution in [3.05, 3.63) is 69.2 Å². The first-order valence-electron chi connectivity index (χ1n) is 12.5. The standard InChI is InChI=1S/C26H28ClF3N8O/c1-31-23-33-24(37-9-7-36(2)8-10-37)35-25(34-23)38-14-18-4-3-16(11-19(18)15-38)22(39)32-13-17-5-6-20(27)12-21(17)26(28,29)30/h3-6,11-12H,7-10,13-15H2,1-2H3,(H,32,39)(H,31,33,34,35). The lowest BCUT2D eigenvalue weighted by Crippen LogP contribution is -2.45. The fraction of sp³-hybridized carbons (Fsp3) is 0.385. The second-order valence-electron chi connectivity index (χ2n) is 9.62. The SMILES string of the molecule is CNc1nc(N2CCN(C)CC2)nc(N2Cc3ccc(C(=O)NCc4ccc(Cl)cc4C(F)(F)F)cc3C2)n1. The largest absolute Gasteiger partial charge is 0.416 e. The number of alkyl halides is 3. The van der Waals surface area contributed by atoms with E-state index < -0.39 is 17.6 Å². The number of rotatable bonds is 6. The molecule has 2 aliphatic heterocycles. The minimum atomic E-state index is -4.58. The van der Waals surface area contributed by atoms with Gasteiger partial charge in [0.1, 0.15) is 0 Å². The van der Waals surface area contributed by atoms with Crippen molar-refractivity contribution in [3.8, 4) is 0 Å². The second-order valence-corrected chi connectivity index (χ2v) is 10.1. The maximum Gasteiger partial charge on any atom is 0.416 e. The fourth-order valence-corrected chi connectivity index (χ4v) is 4.85. The molecular weight excluding hydrogens is 533 g/mol. The predicted molar refractivity (Wildman–Crippen MR) is 143 cm³/mol. The van der Waals surface area contributed by atoms with Gasteiger partial charge in [-0.1, -0.05) is 23.7 Å². The summed E-state index contributed by atoms with van der Waals surface area (Å²) >= 11 is 5.75. The third kappa shape index (κ3) is 6.01. The molecule has 3 heterocycles. The van der Waals surface area contributed by atoms with E-state index in [0.29, 0.717) is 36.5 Å². The molecule has 1 fully saturated rings. The Labute approximate surface area is 229 Å². The highest BCUT2D eigenvalue weighted by atomic mass is 35.5. The smallest absolute Gasteiger partial charge is 0.357 e.